The van der Waals surface area contributed by atoms with E-state index < -0.39 is 10.0 Å². The first-order valence-corrected chi connectivity index (χ1v) is 6.40. The van der Waals surface area contributed by atoms with Gasteiger partial charge >= 0.3 is 0 Å². The molecule has 1 rings (SSSR count). The van der Waals surface area contributed by atoms with Crippen LogP contribution in [0.25, 0.3) is 0 Å². The third-order valence-electron chi connectivity index (χ3n) is 2.63. The minimum atomic E-state index is -3.29. The van der Waals surface area contributed by atoms with Crippen LogP contribution >= 0.6 is 12.4 Å². The molecule has 0 aromatic heterocycles. The van der Waals surface area contributed by atoms with Crippen molar-refractivity contribution in [3.63, 3.8) is 0 Å². The molecule has 0 saturated heterocycles. The maximum atomic E-state index is 11.0. The van der Waals surface area contributed by atoms with E-state index in [9.17, 15) is 8.42 Å². The number of hydrogen-bond acceptors (Lipinski definition) is 3. The smallest absolute Gasteiger partial charge is 0.211 e. The number of halogens is 1. The van der Waals surface area contributed by atoms with Crippen LogP contribution in [0, 0.1) is 0 Å². The predicted octanol–water partition coefficient (Wildman–Crippen LogP) is 0.617. The Balaban J connectivity index is 0.00000169. The van der Waals surface area contributed by atoms with Crippen LogP contribution in [-0.4, -0.2) is 26.3 Å². The first-order valence-electron chi connectivity index (χ1n) is 4.79. The van der Waals surface area contributed by atoms with Gasteiger partial charge in [0.15, 0.2) is 0 Å². The summed E-state index contributed by atoms with van der Waals surface area (Å²) in [5.41, 5.74) is 0. The van der Waals surface area contributed by atoms with Crippen molar-refractivity contribution in [2.75, 3.05) is 6.54 Å². The van der Waals surface area contributed by atoms with Crippen LogP contribution in [0.2, 0.25) is 0 Å². The van der Waals surface area contributed by atoms with E-state index >= 15 is 0 Å². The molecule has 0 aliphatic heterocycles. The van der Waals surface area contributed by atoms with Crippen LogP contribution in [0.3, 0.4) is 0 Å². The number of hydrogen-bond donors (Lipinski definition) is 2. The minimum absolute atomic E-state index is 0. The molecular weight excluding hydrogens is 224 g/mol. The van der Waals surface area contributed by atoms with Gasteiger partial charge in [0.05, 0.1) is 5.25 Å². The average Bonchev–Trinajstić information content (AvgIpc) is 2.04. The molecule has 0 atom stereocenters. The molecule has 86 valence electrons. The molecule has 4 nitrogen and oxygen atoms in total. The second-order valence-electron chi connectivity index (χ2n) is 3.62. The molecule has 3 N–H and O–H groups in total. The Hall–Kier alpha value is 0.160. The Bertz CT molecular complexity index is 248. The molecule has 0 radical (unpaired) electrons. The third kappa shape index (κ3) is 4.13. The van der Waals surface area contributed by atoms with E-state index in [0.717, 1.165) is 19.4 Å². The largest absolute Gasteiger partial charge is 0.314 e. The first kappa shape index (κ1) is 14.2. The summed E-state index contributed by atoms with van der Waals surface area (Å²) in [6, 6.07) is 0.489. The van der Waals surface area contributed by atoms with Crippen LogP contribution in [0.15, 0.2) is 0 Å². The SMILES string of the molecule is CCNC1CCC(S(N)(=O)=O)CC1.Cl. The van der Waals surface area contributed by atoms with Crippen molar-refractivity contribution in [2.24, 2.45) is 5.14 Å². The van der Waals surface area contributed by atoms with Gasteiger partial charge in [0.1, 0.15) is 0 Å². The van der Waals surface area contributed by atoms with Crippen molar-refractivity contribution >= 4 is 22.4 Å². The maximum absolute atomic E-state index is 11.0. The van der Waals surface area contributed by atoms with Crippen molar-refractivity contribution in [1.29, 1.82) is 0 Å². The number of rotatable bonds is 3. The molecule has 1 aliphatic carbocycles. The van der Waals surface area contributed by atoms with Crippen molar-refractivity contribution in [3.8, 4) is 0 Å². The molecule has 0 bridgehead atoms. The predicted molar refractivity (Wildman–Crippen MR) is 60.1 cm³/mol. The normalized spacial score (nSPS) is 28.1. The lowest BCUT2D eigenvalue weighted by molar-refractivity contribution is 0.378. The number of primary sulfonamides is 1. The summed E-state index contributed by atoms with van der Waals surface area (Å²) in [4.78, 5) is 0. The van der Waals surface area contributed by atoms with Gasteiger partial charge < -0.3 is 5.32 Å². The van der Waals surface area contributed by atoms with Crippen LogP contribution in [0.4, 0.5) is 0 Å². The Morgan fingerprint density at radius 2 is 1.79 bits per heavy atom. The number of sulfonamides is 1. The second kappa shape index (κ2) is 5.90. The lowest BCUT2D eigenvalue weighted by Gasteiger charge is -2.27. The first-order chi connectivity index (χ1) is 6.04. The summed E-state index contributed by atoms with van der Waals surface area (Å²) in [5, 5.41) is 8.10. The molecule has 1 fully saturated rings. The minimum Gasteiger partial charge on any atom is -0.314 e. The van der Waals surface area contributed by atoms with E-state index in [2.05, 4.69) is 12.2 Å². The Kier molecular flexibility index (Phi) is 5.97. The van der Waals surface area contributed by atoms with Gasteiger partial charge in [-0.15, -0.1) is 12.4 Å². The standard InChI is InChI=1S/C8H18N2O2S.ClH/c1-2-10-7-3-5-8(6-4-7)13(9,11)12;/h7-8,10H,2-6H2,1H3,(H2,9,11,12);1H. The summed E-state index contributed by atoms with van der Waals surface area (Å²) in [5.74, 6) is 0. The summed E-state index contributed by atoms with van der Waals surface area (Å²) in [7, 11) is -3.29. The van der Waals surface area contributed by atoms with Gasteiger partial charge in [-0.3, -0.25) is 0 Å². The molecule has 0 aromatic rings. The van der Waals surface area contributed by atoms with Crippen molar-refractivity contribution in [3.05, 3.63) is 0 Å². The van der Waals surface area contributed by atoms with E-state index in [1.165, 1.54) is 0 Å². The monoisotopic (exact) mass is 242 g/mol. The van der Waals surface area contributed by atoms with Crippen molar-refractivity contribution in [2.45, 2.75) is 43.9 Å². The van der Waals surface area contributed by atoms with E-state index in [4.69, 9.17) is 5.14 Å². The third-order valence-corrected chi connectivity index (χ3v) is 4.03. The highest BCUT2D eigenvalue weighted by atomic mass is 35.5. The van der Waals surface area contributed by atoms with Gasteiger partial charge in [0, 0.05) is 6.04 Å². The van der Waals surface area contributed by atoms with Gasteiger partial charge in [0.25, 0.3) is 0 Å². The number of nitrogens with two attached hydrogens (primary N) is 1. The Labute approximate surface area is 92.1 Å². The van der Waals surface area contributed by atoms with Crippen LogP contribution in [0.1, 0.15) is 32.6 Å². The molecule has 0 heterocycles. The Morgan fingerprint density at radius 1 is 1.29 bits per heavy atom. The topological polar surface area (TPSA) is 72.2 Å². The highest BCUT2D eigenvalue weighted by Gasteiger charge is 2.27. The summed E-state index contributed by atoms with van der Waals surface area (Å²) in [6.07, 6.45) is 3.26. The van der Waals surface area contributed by atoms with E-state index in [1.54, 1.807) is 0 Å². The quantitative estimate of drug-likeness (QED) is 0.762. The van der Waals surface area contributed by atoms with E-state index in [1.807, 2.05) is 0 Å². The lowest BCUT2D eigenvalue weighted by Crippen LogP contribution is -2.39. The van der Waals surface area contributed by atoms with Crippen LogP contribution in [0.5, 0.6) is 0 Å². The van der Waals surface area contributed by atoms with Crippen LogP contribution < -0.4 is 10.5 Å². The number of nitrogens with one attached hydrogen (secondary N) is 1. The summed E-state index contributed by atoms with van der Waals surface area (Å²) < 4.78 is 22.0. The average molecular weight is 243 g/mol. The van der Waals surface area contributed by atoms with Gasteiger partial charge in [-0.05, 0) is 32.2 Å². The van der Waals surface area contributed by atoms with Crippen molar-refractivity contribution < 1.29 is 8.42 Å². The lowest BCUT2D eigenvalue weighted by atomic mass is 9.95. The molecule has 0 spiro atoms. The zero-order valence-corrected chi connectivity index (χ0v) is 10.0. The Morgan fingerprint density at radius 3 is 2.14 bits per heavy atom. The fraction of sp³-hybridized carbons (Fsp3) is 1.00. The van der Waals surface area contributed by atoms with Gasteiger partial charge in [-0.2, -0.15) is 0 Å². The fourth-order valence-electron chi connectivity index (χ4n) is 1.88. The zero-order valence-electron chi connectivity index (χ0n) is 8.40. The summed E-state index contributed by atoms with van der Waals surface area (Å²) in [6.45, 7) is 3.01. The van der Waals surface area contributed by atoms with E-state index in [-0.39, 0.29) is 17.7 Å². The molecule has 1 saturated carbocycles. The van der Waals surface area contributed by atoms with Crippen LogP contribution in [-0.2, 0) is 10.0 Å². The molecule has 1 aliphatic rings. The fourth-order valence-corrected chi connectivity index (χ4v) is 2.81. The van der Waals surface area contributed by atoms with Crippen molar-refractivity contribution in [1.82, 2.24) is 5.32 Å². The highest BCUT2D eigenvalue weighted by molar-refractivity contribution is 7.89. The second-order valence-corrected chi connectivity index (χ2v) is 5.47. The highest BCUT2D eigenvalue weighted by Crippen LogP contribution is 2.22. The molecule has 0 aromatic carbocycles. The molecular formula is C8H19ClN2O2S. The zero-order chi connectivity index (χ0) is 9.90. The van der Waals surface area contributed by atoms with Gasteiger partial charge in [0.2, 0.25) is 10.0 Å². The molecule has 14 heavy (non-hydrogen) atoms. The molecule has 0 unspecified atom stereocenters. The van der Waals surface area contributed by atoms with E-state index in [0.29, 0.717) is 18.9 Å². The van der Waals surface area contributed by atoms with Gasteiger partial charge in [-0.25, -0.2) is 13.6 Å². The molecule has 0 amide bonds. The maximum Gasteiger partial charge on any atom is 0.211 e. The summed E-state index contributed by atoms with van der Waals surface area (Å²) >= 11 is 0. The van der Waals surface area contributed by atoms with Gasteiger partial charge in [-0.1, -0.05) is 6.92 Å². The molecule has 6 heteroatoms.